The van der Waals surface area contributed by atoms with Gasteiger partial charge in [-0.3, -0.25) is 4.79 Å². The van der Waals surface area contributed by atoms with E-state index in [4.69, 9.17) is 0 Å². The van der Waals surface area contributed by atoms with Crippen LogP contribution in [0.5, 0.6) is 0 Å². The molecule has 0 unspecified atom stereocenters. The van der Waals surface area contributed by atoms with Gasteiger partial charge in [0.15, 0.2) is 0 Å². The maximum atomic E-state index is 13.0. The highest BCUT2D eigenvalue weighted by Gasteiger charge is 2.16. The Morgan fingerprint density at radius 3 is 2.56 bits per heavy atom. The molecule has 1 amide bonds. The fourth-order valence-electron chi connectivity index (χ4n) is 2.17. The molecule has 134 valence electrons. The zero-order valence-corrected chi connectivity index (χ0v) is 15.7. The number of rotatable bonds is 8. The number of benzene rings is 2. The number of carbonyl (C=O) groups excluding carboxylic acids is 1. The summed E-state index contributed by atoms with van der Waals surface area (Å²) in [7, 11) is -3.67. The highest BCUT2D eigenvalue weighted by molar-refractivity contribution is 9.10. The summed E-state index contributed by atoms with van der Waals surface area (Å²) in [5.41, 5.74) is 0.787. The van der Waals surface area contributed by atoms with Gasteiger partial charge in [0, 0.05) is 24.0 Å². The van der Waals surface area contributed by atoms with Gasteiger partial charge in [0.1, 0.15) is 5.82 Å². The molecular formula is C17H18BrFN2O3S. The molecule has 0 spiro atoms. The van der Waals surface area contributed by atoms with Crippen molar-refractivity contribution >= 4 is 31.9 Å². The van der Waals surface area contributed by atoms with Crippen molar-refractivity contribution < 1.29 is 17.6 Å². The van der Waals surface area contributed by atoms with E-state index in [1.54, 1.807) is 30.3 Å². The zero-order valence-electron chi connectivity index (χ0n) is 13.3. The normalized spacial score (nSPS) is 11.3. The lowest BCUT2D eigenvalue weighted by Crippen LogP contribution is -2.31. The van der Waals surface area contributed by atoms with Crippen molar-refractivity contribution in [3.8, 4) is 0 Å². The second-order valence-corrected chi connectivity index (χ2v) is 7.90. The van der Waals surface area contributed by atoms with E-state index >= 15 is 0 Å². The third kappa shape index (κ3) is 6.22. The van der Waals surface area contributed by atoms with Crippen molar-refractivity contribution in [2.75, 3.05) is 13.1 Å². The van der Waals surface area contributed by atoms with Crippen LogP contribution in [0.4, 0.5) is 4.39 Å². The summed E-state index contributed by atoms with van der Waals surface area (Å²) in [6.45, 7) is 0.356. The van der Waals surface area contributed by atoms with Gasteiger partial charge in [-0.25, -0.2) is 17.5 Å². The van der Waals surface area contributed by atoms with Gasteiger partial charge in [0.25, 0.3) is 0 Å². The molecule has 2 N–H and O–H groups in total. The number of nitrogens with one attached hydrogen (secondary N) is 2. The first kappa shape index (κ1) is 19.6. The SMILES string of the molecule is O=C(CCNS(=O)(=O)c1ccccc1Br)NCCc1cccc(F)c1. The number of carbonyl (C=O) groups is 1. The molecule has 0 radical (unpaired) electrons. The molecule has 0 saturated heterocycles. The number of hydrogen-bond donors (Lipinski definition) is 2. The Morgan fingerprint density at radius 1 is 1.08 bits per heavy atom. The largest absolute Gasteiger partial charge is 0.356 e. The van der Waals surface area contributed by atoms with Gasteiger partial charge < -0.3 is 5.32 Å². The lowest BCUT2D eigenvalue weighted by atomic mass is 10.1. The van der Waals surface area contributed by atoms with Crippen LogP contribution in [0.25, 0.3) is 0 Å². The molecule has 2 aromatic carbocycles. The molecule has 0 aliphatic carbocycles. The molecule has 0 aliphatic heterocycles. The molecule has 0 bridgehead atoms. The second-order valence-electron chi connectivity index (χ2n) is 5.31. The molecule has 25 heavy (non-hydrogen) atoms. The van der Waals surface area contributed by atoms with Crippen molar-refractivity contribution in [3.63, 3.8) is 0 Å². The van der Waals surface area contributed by atoms with Crippen LogP contribution in [-0.2, 0) is 21.2 Å². The molecule has 8 heteroatoms. The Morgan fingerprint density at radius 2 is 1.84 bits per heavy atom. The standard InChI is InChI=1S/C17H18BrFN2O3S/c18-15-6-1-2-7-16(15)25(23,24)21-11-9-17(22)20-10-8-13-4-3-5-14(19)12-13/h1-7,12,21H,8-11H2,(H,20,22). The molecule has 0 fully saturated rings. The third-order valence-corrected chi connectivity index (χ3v) is 5.87. The molecule has 0 saturated carbocycles. The van der Waals surface area contributed by atoms with Gasteiger partial charge in [-0.05, 0) is 52.2 Å². The highest BCUT2D eigenvalue weighted by atomic mass is 79.9. The van der Waals surface area contributed by atoms with Crippen LogP contribution in [-0.4, -0.2) is 27.4 Å². The highest BCUT2D eigenvalue weighted by Crippen LogP contribution is 2.20. The quantitative estimate of drug-likeness (QED) is 0.678. The molecule has 0 atom stereocenters. The molecule has 2 rings (SSSR count). The average Bonchev–Trinajstić information content (AvgIpc) is 2.55. The van der Waals surface area contributed by atoms with E-state index in [1.807, 2.05) is 0 Å². The Hall–Kier alpha value is -1.77. The maximum absolute atomic E-state index is 13.0. The van der Waals surface area contributed by atoms with E-state index in [1.165, 1.54) is 18.2 Å². The van der Waals surface area contributed by atoms with Gasteiger partial charge in [-0.15, -0.1) is 0 Å². The summed E-state index contributed by atoms with van der Waals surface area (Å²) in [5.74, 6) is -0.587. The van der Waals surface area contributed by atoms with Crippen LogP contribution in [0.2, 0.25) is 0 Å². The van der Waals surface area contributed by atoms with Crippen molar-refractivity contribution in [1.29, 1.82) is 0 Å². The van der Waals surface area contributed by atoms with Gasteiger partial charge in [0.2, 0.25) is 15.9 Å². The van der Waals surface area contributed by atoms with Gasteiger partial charge in [0.05, 0.1) is 4.90 Å². The first-order valence-corrected chi connectivity index (χ1v) is 9.91. The minimum Gasteiger partial charge on any atom is -0.356 e. The predicted molar refractivity (Wildman–Crippen MR) is 97.1 cm³/mol. The molecule has 0 aromatic heterocycles. The Balaban J connectivity index is 1.74. The smallest absolute Gasteiger partial charge is 0.241 e. The number of halogens is 2. The van der Waals surface area contributed by atoms with Crippen LogP contribution >= 0.6 is 15.9 Å². The summed E-state index contributed by atoms with van der Waals surface area (Å²) in [4.78, 5) is 11.9. The Kier molecular flexibility index (Phi) is 7.10. The predicted octanol–water partition coefficient (Wildman–Crippen LogP) is 2.62. The third-order valence-electron chi connectivity index (χ3n) is 3.40. The monoisotopic (exact) mass is 428 g/mol. The number of amides is 1. The van der Waals surface area contributed by atoms with E-state index in [2.05, 4.69) is 26.0 Å². The lowest BCUT2D eigenvalue weighted by Gasteiger charge is -2.09. The minimum atomic E-state index is -3.67. The summed E-state index contributed by atoms with van der Waals surface area (Å²) in [5, 5.41) is 2.68. The first-order chi connectivity index (χ1) is 11.9. The van der Waals surface area contributed by atoms with Crippen molar-refractivity contribution in [2.24, 2.45) is 0 Å². The van der Waals surface area contributed by atoms with E-state index in [-0.39, 0.29) is 29.6 Å². The zero-order chi connectivity index (χ0) is 18.3. The van der Waals surface area contributed by atoms with Crippen LogP contribution < -0.4 is 10.0 Å². The van der Waals surface area contributed by atoms with E-state index in [0.29, 0.717) is 17.4 Å². The fraction of sp³-hybridized carbons (Fsp3) is 0.235. The summed E-state index contributed by atoms with van der Waals surface area (Å²) in [6, 6.07) is 12.6. The first-order valence-electron chi connectivity index (χ1n) is 7.64. The van der Waals surface area contributed by atoms with Crippen LogP contribution in [0.1, 0.15) is 12.0 Å². The maximum Gasteiger partial charge on any atom is 0.241 e. The minimum absolute atomic E-state index is 0.00450. The van der Waals surface area contributed by atoms with E-state index < -0.39 is 10.0 Å². The average molecular weight is 429 g/mol. The molecule has 0 aliphatic rings. The summed E-state index contributed by atoms with van der Waals surface area (Å²) < 4.78 is 40.2. The summed E-state index contributed by atoms with van der Waals surface area (Å²) in [6.07, 6.45) is 0.527. The summed E-state index contributed by atoms with van der Waals surface area (Å²) >= 11 is 3.19. The van der Waals surface area contributed by atoms with Crippen molar-refractivity contribution in [1.82, 2.24) is 10.0 Å². The molecule has 0 heterocycles. The molecular weight excluding hydrogens is 411 g/mol. The van der Waals surface area contributed by atoms with Crippen molar-refractivity contribution in [3.05, 3.63) is 64.4 Å². The lowest BCUT2D eigenvalue weighted by molar-refractivity contribution is -0.120. The van der Waals surface area contributed by atoms with Gasteiger partial charge >= 0.3 is 0 Å². The van der Waals surface area contributed by atoms with Crippen LogP contribution in [0, 0.1) is 5.82 Å². The van der Waals surface area contributed by atoms with Gasteiger partial charge in [-0.1, -0.05) is 24.3 Å². The number of hydrogen-bond acceptors (Lipinski definition) is 3. The number of sulfonamides is 1. The van der Waals surface area contributed by atoms with E-state index in [9.17, 15) is 17.6 Å². The van der Waals surface area contributed by atoms with Crippen LogP contribution in [0.15, 0.2) is 57.9 Å². The second kappa shape index (κ2) is 9.07. The molecule has 5 nitrogen and oxygen atoms in total. The Labute approximate surface area is 154 Å². The topological polar surface area (TPSA) is 75.3 Å². The fourth-order valence-corrected chi connectivity index (χ4v) is 4.20. The Bertz CT molecular complexity index is 843. The molecule has 2 aromatic rings. The van der Waals surface area contributed by atoms with Gasteiger partial charge in [-0.2, -0.15) is 0 Å². The van der Waals surface area contributed by atoms with Crippen LogP contribution in [0.3, 0.4) is 0 Å². The van der Waals surface area contributed by atoms with Crippen molar-refractivity contribution in [2.45, 2.75) is 17.7 Å². The van der Waals surface area contributed by atoms with E-state index in [0.717, 1.165) is 5.56 Å².